The minimum absolute atomic E-state index is 0.204. The lowest BCUT2D eigenvalue weighted by Crippen LogP contribution is -2.13. The Morgan fingerprint density at radius 1 is 0.931 bits per heavy atom. The zero-order valence-corrected chi connectivity index (χ0v) is 18.2. The normalized spacial score (nSPS) is 16.1. The van der Waals surface area contributed by atoms with Gasteiger partial charge in [0.2, 0.25) is 0 Å². The molecule has 0 spiro atoms. The van der Waals surface area contributed by atoms with E-state index in [0.717, 1.165) is 39.8 Å². The average molecular weight is 407 g/mol. The maximum absolute atomic E-state index is 5.92. The predicted molar refractivity (Wildman–Crippen MR) is 122 cm³/mol. The van der Waals surface area contributed by atoms with Gasteiger partial charge in [-0.2, -0.15) is 5.10 Å². The van der Waals surface area contributed by atoms with Crippen molar-refractivity contribution in [1.29, 1.82) is 0 Å². The molecule has 0 radical (unpaired) electrons. The second-order valence-corrected chi connectivity index (χ2v) is 8.14. The molecule has 2 aromatic carbocycles. The molecule has 0 saturated carbocycles. The molecule has 0 aliphatic carbocycles. The van der Waals surface area contributed by atoms with E-state index in [2.05, 4.69) is 61.4 Å². The lowest BCUT2D eigenvalue weighted by Gasteiger charge is -2.20. The number of rotatable bonds is 6. The number of fused-ring (bicyclic) bond motifs is 2. The lowest BCUT2D eigenvalue weighted by atomic mass is 9.86. The summed E-state index contributed by atoms with van der Waals surface area (Å²) in [6.45, 7) is 9.42. The van der Waals surface area contributed by atoms with E-state index in [1.165, 1.54) is 15.6 Å². The molecule has 4 nitrogen and oxygen atoms in total. The third-order valence-corrected chi connectivity index (χ3v) is 6.35. The highest BCUT2D eigenvalue weighted by Gasteiger charge is 2.27. The van der Waals surface area contributed by atoms with Crippen LogP contribution >= 0.6 is 11.3 Å². The van der Waals surface area contributed by atoms with Gasteiger partial charge in [0.15, 0.2) is 11.5 Å². The Balaban J connectivity index is 1.94. The van der Waals surface area contributed by atoms with Crippen LogP contribution in [0.3, 0.4) is 0 Å². The van der Waals surface area contributed by atoms with E-state index in [1.807, 2.05) is 13.8 Å². The number of ether oxygens (including phenoxy) is 2. The monoisotopic (exact) mass is 406 g/mol. The third-order valence-electron chi connectivity index (χ3n) is 5.23. The van der Waals surface area contributed by atoms with Crippen molar-refractivity contribution in [2.24, 2.45) is 10.2 Å². The Hall–Kier alpha value is -2.66. The minimum atomic E-state index is 0.204. The van der Waals surface area contributed by atoms with Crippen molar-refractivity contribution in [1.82, 2.24) is 0 Å². The summed E-state index contributed by atoms with van der Waals surface area (Å²) in [6, 6.07) is 14.8. The molecule has 1 aromatic heterocycles. The van der Waals surface area contributed by atoms with Crippen LogP contribution in [0.15, 0.2) is 52.7 Å². The van der Waals surface area contributed by atoms with Gasteiger partial charge in [0.1, 0.15) is 5.71 Å². The number of benzene rings is 2. The highest BCUT2D eigenvalue weighted by molar-refractivity contribution is 7.21. The van der Waals surface area contributed by atoms with Crippen LogP contribution in [0.1, 0.15) is 56.0 Å². The maximum Gasteiger partial charge on any atom is 0.161 e. The van der Waals surface area contributed by atoms with Crippen molar-refractivity contribution in [3.63, 3.8) is 0 Å². The quantitative estimate of drug-likeness (QED) is 0.474. The standard InChI is InChI=1S/C24H26N2O2S/c1-5-17-15(4)25-26-24(23-12-16-10-8-9-11-22(16)29-23)19-14-21(28-7-3)20(27-6-2)13-18(17)19/h8-14,17H,5-7H2,1-4H3. The first-order valence-corrected chi connectivity index (χ1v) is 11.0. The van der Waals surface area contributed by atoms with E-state index in [9.17, 15) is 0 Å². The van der Waals surface area contributed by atoms with Crippen LogP contribution in [0.2, 0.25) is 0 Å². The van der Waals surface area contributed by atoms with Crippen molar-refractivity contribution >= 4 is 32.8 Å². The summed E-state index contributed by atoms with van der Waals surface area (Å²) >= 11 is 1.75. The number of nitrogens with zero attached hydrogens (tertiary/aromatic N) is 2. The van der Waals surface area contributed by atoms with Gasteiger partial charge >= 0.3 is 0 Å². The van der Waals surface area contributed by atoms with Crippen LogP contribution in [-0.4, -0.2) is 24.6 Å². The number of thiophene rings is 1. The highest BCUT2D eigenvalue weighted by Crippen LogP contribution is 2.39. The molecule has 1 aliphatic heterocycles. The topological polar surface area (TPSA) is 43.2 Å². The maximum atomic E-state index is 5.92. The average Bonchev–Trinajstić information content (AvgIpc) is 3.09. The molecule has 1 aliphatic rings. The second-order valence-electron chi connectivity index (χ2n) is 7.05. The van der Waals surface area contributed by atoms with Gasteiger partial charge in [-0.1, -0.05) is 25.1 Å². The van der Waals surface area contributed by atoms with Crippen molar-refractivity contribution in [2.75, 3.05) is 13.2 Å². The van der Waals surface area contributed by atoms with E-state index in [4.69, 9.17) is 14.6 Å². The van der Waals surface area contributed by atoms with Crippen molar-refractivity contribution in [3.05, 3.63) is 58.5 Å². The fourth-order valence-corrected chi connectivity index (χ4v) is 4.94. The predicted octanol–water partition coefficient (Wildman–Crippen LogP) is 6.42. The minimum Gasteiger partial charge on any atom is -0.490 e. The lowest BCUT2D eigenvalue weighted by molar-refractivity contribution is 0.287. The first-order valence-electron chi connectivity index (χ1n) is 10.2. The summed E-state index contributed by atoms with van der Waals surface area (Å²) in [5.74, 6) is 1.75. The van der Waals surface area contributed by atoms with E-state index >= 15 is 0 Å². The van der Waals surface area contributed by atoms with E-state index in [-0.39, 0.29) is 5.92 Å². The number of hydrogen-bond acceptors (Lipinski definition) is 5. The molecule has 0 saturated heterocycles. The van der Waals surface area contributed by atoms with Crippen molar-refractivity contribution < 1.29 is 9.47 Å². The van der Waals surface area contributed by atoms with Crippen LogP contribution in [0.4, 0.5) is 0 Å². The van der Waals surface area contributed by atoms with Gasteiger partial charge in [0, 0.05) is 21.9 Å². The summed E-state index contributed by atoms with van der Waals surface area (Å²) in [5.41, 5.74) is 4.21. The molecule has 0 N–H and O–H groups in total. The molecular formula is C24H26N2O2S. The molecule has 150 valence electrons. The Morgan fingerprint density at radius 2 is 1.66 bits per heavy atom. The molecule has 0 amide bonds. The second kappa shape index (κ2) is 8.37. The van der Waals surface area contributed by atoms with Crippen molar-refractivity contribution in [2.45, 2.75) is 40.0 Å². The SMILES string of the molecule is CCOc1cc2c(cc1OCC)C(CC)C(C)=NN=C2c1cc2ccccc2s1. The van der Waals surface area contributed by atoms with Gasteiger partial charge < -0.3 is 9.47 Å². The van der Waals surface area contributed by atoms with Gasteiger partial charge in [0.05, 0.1) is 18.1 Å². The summed E-state index contributed by atoms with van der Waals surface area (Å²) < 4.78 is 13.1. The summed E-state index contributed by atoms with van der Waals surface area (Å²) in [7, 11) is 0. The fourth-order valence-electron chi connectivity index (χ4n) is 3.88. The van der Waals surface area contributed by atoms with Gasteiger partial charge in [-0.05, 0) is 62.4 Å². The zero-order chi connectivity index (χ0) is 20.4. The molecule has 2 heterocycles. The summed E-state index contributed by atoms with van der Waals surface area (Å²) in [5, 5.41) is 10.5. The molecule has 0 bridgehead atoms. The van der Waals surface area contributed by atoms with E-state index < -0.39 is 0 Å². The molecular weight excluding hydrogens is 380 g/mol. The smallest absolute Gasteiger partial charge is 0.161 e. The Morgan fingerprint density at radius 3 is 2.34 bits per heavy atom. The van der Waals surface area contributed by atoms with E-state index in [0.29, 0.717) is 13.2 Å². The molecule has 1 atom stereocenters. The molecule has 4 rings (SSSR count). The molecule has 1 unspecified atom stereocenters. The van der Waals surface area contributed by atoms with Crippen LogP contribution in [0, 0.1) is 0 Å². The largest absolute Gasteiger partial charge is 0.490 e. The summed E-state index contributed by atoms with van der Waals surface area (Å²) in [6.07, 6.45) is 0.955. The van der Waals surface area contributed by atoms with Gasteiger partial charge in [-0.25, -0.2) is 0 Å². The van der Waals surface area contributed by atoms with Gasteiger partial charge in [0.25, 0.3) is 0 Å². The Bertz CT molecular complexity index is 1060. The highest BCUT2D eigenvalue weighted by atomic mass is 32.1. The van der Waals surface area contributed by atoms with Crippen LogP contribution in [0.5, 0.6) is 11.5 Å². The molecule has 29 heavy (non-hydrogen) atoms. The van der Waals surface area contributed by atoms with Gasteiger partial charge in [-0.15, -0.1) is 16.4 Å². The third kappa shape index (κ3) is 3.67. The Labute approximate surface area is 175 Å². The first kappa shape index (κ1) is 19.6. The molecule has 0 fully saturated rings. The van der Waals surface area contributed by atoms with Gasteiger partial charge in [-0.3, -0.25) is 0 Å². The molecule has 5 heteroatoms. The van der Waals surface area contributed by atoms with Crippen LogP contribution < -0.4 is 9.47 Å². The van der Waals surface area contributed by atoms with Crippen LogP contribution in [-0.2, 0) is 0 Å². The summed E-state index contributed by atoms with van der Waals surface area (Å²) in [4.78, 5) is 1.12. The molecule has 3 aromatic rings. The van der Waals surface area contributed by atoms with Crippen LogP contribution in [0.25, 0.3) is 10.1 Å². The Kier molecular flexibility index (Phi) is 5.67. The first-order chi connectivity index (χ1) is 14.2. The fraction of sp³-hybridized carbons (Fsp3) is 0.333. The van der Waals surface area contributed by atoms with Crippen molar-refractivity contribution in [3.8, 4) is 11.5 Å². The zero-order valence-electron chi connectivity index (χ0n) is 17.4. The number of hydrogen-bond donors (Lipinski definition) is 0. The van der Waals surface area contributed by atoms with E-state index in [1.54, 1.807) is 11.3 Å².